The molecule has 1 atom stereocenters. The Kier molecular flexibility index (Phi) is 4.88. The fourth-order valence-corrected chi connectivity index (χ4v) is 1.14. The van der Waals surface area contributed by atoms with Crippen LogP contribution in [0.4, 0.5) is 26.7 Å². The summed E-state index contributed by atoms with van der Waals surface area (Å²) in [4.78, 5) is 20.0. The molecule has 0 saturated carbocycles. The molecule has 0 aliphatic rings. The van der Waals surface area contributed by atoms with E-state index in [0.717, 1.165) is 0 Å². The van der Waals surface area contributed by atoms with Gasteiger partial charge in [0.05, 0.1) is 8.81 Å². The van der Waals surface area contributed by atoms with Gasteiger partial charge in [-0.3, -0.25) is 0 Å². The minimum atomic E-state index is -2.38. The topological polar surface area (TPSA) is 55.8 Å². The molecule has 4 nitrogen and oxygen atoms in total. The molecule has 20 heavy (non-hydrogen) atoms. The molecule has 0 saturated heterocycles. The van der Waals surface area contributed by atoms with Gasteiger partial charge in [0.25, 0.3) is 0 Å². The van der Waals surface area contributed by atoms with Crippen LogP contribution < -0.4 is 4.74 Å². The first-order valence-electron chi connectivity index (χ1n) is 4.94. The van der Waals surface area contributed by atoms with Crippen LogP contribution in [-0.2, 0) is 4.74 Å². The first-order chi connectivity index (χ1) is 9.10. The van der Waals surface area contributed by atoms with E-state index in [1.807, 2.05) is 0 Å². The maximum Gasteiger partial charge on any atom is 0.515 e. The lowest BCUT2D eigenvalue weighted by atomic mass is 10.3. The first kappa shape index (κ1) is 16.6. The van der Waals surface area contributed by atoms with Crippen molar-refractivity contribution < 1.29 is 41.1 Å². The first-order valence-corrected chi connectivity index (χ1v) is 5.89. The van der Waals surface area contributed by atoms with Crippen molar-refractivity contribution in [1.29, 1.82) is 0 Å². The molecule has 0 aliphatic carbocycles. The lowest BCUT2D eigenvalue weighted by molar-refractivity contribution is 0.0503. The molecule has 0 spiro atoms. The van der Waals surface area contributed by atoms with E-state index in [4.69, 9.17) is 4.89 Å². The molecule has 0 fully saturated rings. The van der Waals surface area contributed by atoms with Gasteiger partial charge in [0, 0.05) is 0 Å². The van der Waals surface area contributed by atoms with Gasteiger partial charge in [-0.25, -0.2) is 18.0 Å². The molecular formula is C10H8F5O4P. The third-order valence-corrected chi connectivity index (χ3v) is 2.60. The second-order valence-corrected chi connectivity index (χ2v) is 5.40. The van der Waals surface area contributed by atoms with Crippen LogP contribution in [0.2, 0.25) is 0 Å². The van der Waals surface area contributed by atoms with Gasteiger partial charge in [0.15, 0.2) is 0 Å². The van der Waals surface area contributed by atoms with Crippen LogP contribution in [0.3, 0.4) is 0 Å². The lowest BCUT2D eigenvalue weighted by Gasteiger charge is -2.21. The quantitative estimate of drug-likeness (QED) is 0.232. The molecular weight excluding hydrogens is 310 g/mol. The summed E-state index contributed by atoms with van der Waals surface area (Å²) in [7, 11) is -0.893. The minimum Gasteiger partial charge on any atom is -0.421 e. The van der Waals surface area contributed by atoms with Crippen LogP contribution in [0, 0.1) is 29.1 Å². The number of hydrogen-bond acceptors (Lipinski definition) is 4. The number of ether oxygens (including phenoxy) is 2. The summed E-state index contributed by atoms with van der Waals surface area (Å²) in [5, 5.41) is -1.43. The fourth-order valence-electron chi connectivity index (χ4n) is 1.01. The van der Waals surface area contributed by atoms with Gasteiger partial charge in [0.2, 0.25) is 34.8 Å². The summed E-state index contributed by atoms with van der Waals surface area (Å²) in [5.41, 5.74) is 0. The zero-order valence-corrected chi connectivity index (χ0v) is 11.1. The van der Waals surface area contributed by atoms with E-state index in [-0.39, 0.29) is 0 Å². The molecule has 10 heteroatoms. The Hall–Kier alpha value is -1.47. The lowest BCUT2D eigenvalue weighted by Crippen LogP contribution is -2.25. The molecule has 0 amide bonds. The van der Waals surface area contributed by atoms with Crippen LogP contribution in [0.5, 0.6) is 5.75 Å². The van der Waals surface area contributed by atoms with Crippen molar-refractivity contribution in [1.82, 2.24) is 0 Å². The Labute approximate surface area is 111 Å². The van der Waals surface area contributed by atoms with Crippen LogP contribution in [0.15, 0.2) is 0 Å². The number of hydrogen-bond donors (Lipinski definition) is 1. The largest absolute Gasteiger partial charge is 0.515 e. The summed E-state index contributed by atoms with van der Waals surface area (Å²) in [6.07, 6.45) is -1.72. The smallest absolute Gasteiger partial charge is 0.421 e. The molecule has 0 heterocycles. The van der Waals surface area contributed by atoms with Crippen molar-refractivity contribution >= 4 is 15.0 Å². The maximum absolute atomic E-state index is 13.2. The summed E-state index contributed by atoms with van der Waals surface area (Å²) >= 11 is 0. The number of rotatable bonds is 3. The van der Waals surface area contributed by atoms with Crippen LogP contribution >= 0.6 is 8.81 Å². The highest BCUT2D eigenvalue weighted by Gasteiger charge is 2.31. The number of carbonyl (C=O) groups is 1. The molecule has 1 aromatic rings. The van der Waals surface area contributed by atoms with Crippen molar-refractivity contribution in [2.45, 2.75) is 19.2 Å². The Morgan fingerprint density at radius 3 is 1.80 bits per heavy atom. The van der Waals surface area contributed by atoms with E-state index in [0.29, 0.717) is 0 Å². The van der Waals surface area contributed by atoms with Crippen molar-refractivity contribution in [3.63, 3.8) is 0 Å². The average Bonchev–Trinajstić information content (AvgIpc) is 2.38. The molecule has 1 unspecified atom stereocenters. The summed E-state index contributed by atoms with van der Waals surface area (Å²) in [6, 6.07) is 0. The van der Waals surface area contributed by atoms with E-state index in [1.54, 1.807) is 0 Å². The monoisotopic (exact) mass is 318 g/mol. The van der Waals surface area contributed by atoms with Gasteiger partial charge in [-0.1, -0.05) is 0 Å². The molecule has 1 aromatic carbocycles. The number of halogens is 5. The van der Waals surface area contributed by atoms with Crippen LogP contribution in [-0.4, -0.2) is 16.4 Å². The summed E-state index contributed by atoms with van der Waals surface area (Å²) < 4.78 is 73.1. The zero-order valence-electron chi connectivity index (χ0n) is 10.1. The highest BCUT2D eigenvalue weighted by Crippen LogP contribution is 2.32. The fraction of sp³-hybridized carbons (Fsp3) is 0.300. The van der Waals surface area contributed by atoms with E-state index < -0.39 is 55.1 Å². The normalized spacial score (nSPS) is 12.0. The standard InChI is InChI=1S/C10H8F5O4P/c1-10(2,20-17)19-9(16)18-8-6(14)4(12)3(11)5(13)7(8)15/h17,20H,1-2H3. The van der Waals surface area contributed by atoms with Gasteiger partial charge in [-0.2, -0.15) is 8.78 Å². The van der Waals surface area contributed by atoms with E-state index in [9.17, 15) is 26.7 Å². The average molecular weight is 318 g/mol. The Balaban J connectivity index is 3.08. The SMILES string of the molecule is CC(C)(OC(=O)Oc1c(F)c(F)c(F)c(F)c1F)PO. The molecule has 1 N–H and O–H groups in total. The van der Waals surface area contributed by atoms with Gasteiger partial charge in [-0.15, -0.1) is 0 Å². The van der Waals surface area contributed by atoms with E-state index >= 15 is 0 Å². The summed E-state index contributed by atoms with van der Waals surface area (Å²) in [5.74, 6) is -13.3. The minimum absolute atomic E-state index is 0.893. The van der Waals surface area contributed by atoms with Gasteiger partial charge in [-0.05, 0) is 13.8 Å². The highest BCUT2D eigenvalue weighted by atomic mass is 31.1. The van der Waals surface area contributed by atoms with Crippen molar-refractivity contribution in [3.8, 4) is 5.75 Å². The van der Waals surface area contributed by atoms with Crippen LogP contribution in [0.25, 0.3) is 0 Å². The molecule has 0 aliphatic heterocycles. The molecule has 0 bridgehead atoms. The van der Waals surface area contributed by atoms with Gasteiger partial charge < -0.3 is 14.4 Å². The van der Waals surface area contributed by atoms with Crippen molar-refractivity contribution in [2.75, 3.05) is 0 Å². The van der Waals surface area contributed by atoms with Crippen molar-refractivity contribution in [3.05, 3.63) is 29.1 Å². The van der Waals surface area contributed by atoms with Gasteiger partial charge in [0.1, 0.15) is 5.34 Å². The molecule has 0 radical (unpaired) electrons. The Bertz CT molecular complexity index is 520. The summed E-state index contributed by atoms with van der Waals surface area (Å²) in [6.45, 7) is 2.48. The van der Waals surface area contributed by atoms with E-state index in [1.165, 1.54) is 13.8 Å². The van der Waals surface area contributed by atoms with E-state index in [2.05, 4.69) is 9.47 Å². The molecule has 0 aromatic heterocycles. The number of benzene rings is 1. The maximum atomic E-state index is 13.2. The number of carbonyl (C=O) groups excluding carboxylic acids is 1. The molecule has 1 rings (SSSR count). The van der Waals surface area contributed by atoms with Crippen LogP contribution in [0.1, 0.15) is 13.8 Å². The Morgan fingerprint density at radius 2 is 1.40 bits per heavy atom. The second kappa shape index (κ2) is 5.88. The van der Waals surface area contributed by atoms with Gasteiger partial charge >= 0.3 is 6.16 Å². The third kappa shape index (κ3) is 3.34. The zero-order chi connectivity index (χ0) is 15.7. The predicted octanol–water partition coefficient (Wildman–Crippen LogP) is 3.22. The Morgan fingerprint density at radius 1 is 1.00 bits per heavy atom. The predicted molar refractivity (Wildman–Crippen MR) is 58.0 cm³/mol. The molecule has 112 valence electrons. The highest BCUT2D eigenvalue weighted by molar-refractivity contribution is 7.32. The second-order valence-electron chi connectivity index (χ2n) is 3.98. The van der Waals surface area contributed by atoms with Crippen molar-refractivity contribution in [2.24, 2.45) is 0 Å². The third-order valence-electron chi connectivity index (χ3n) is 1.96.